The molecule has 188 valence electrons. The molecule has 2 aromatic rings. The maximum absolute atomic E-state index is 13.0. The number of carboxylic acids is 1. The van der Waals surface area contributed by atoms with Crippen molar-refractivity contribution >= 4 is 18.0 Å². The van der Waals surface area contributed by atoms with Gasteiger partial charge in [-0.2, -0.15) is 0 Å². The van der Waals surface area contributed by atoms with Crippen molar-refractivity contribution in [2.75, 3.05) is 6.61 Å². The molecule has 1 aliphatic carbocycles. The number of rotatable bonds is 9. The van der Waals surface area contributed by atoms with Gasteiger partial charge < -0.3 is 20.5 Å². The van der Waals surface area contributed by atoms with E-state index in [1.54, 1.807) is 20.8 Å². The Morgan fingerprint density at radius 1 is 0.914 bits per heavy atom. The number of benzene rings is 2. The maximum atomic E-state index is 13.0. The lowest BCUT2D eigenvalue weighted by atomic mass is 9.86. The second-order valence-electron chi connectivity index (χ2n) is 10.6. The summed E-state index contributed by atoms with van der Waals surface area (Å²) in [6.07, 6.45) is 0.373. The molecule has 3 rings (SSSR count). The van der Waals surface area contributed by atoms with E-state index in [-0.39, 0.29) is 12.5 Å². The summed E-state index contributed by atoms with van der Waals surface area (Å²) in [7, 11) is 0. The third-order valence-electron chi connectivity index (χ3n) is 6.38. The van der Waals surface area contributed by atoms with Crippen LogP contribution in [0.2, 0.25) is 0 Å². The molecule has 0 saturated heterocycles. The monoisotopic (exact) mass is 480 g/mol. The van der Waals surface area contributed by atoms with E-state index in [0.717, 1.165) is 22.3 Å². The Labute approximate surface area is 207 Å². The van der Waals surface area contributed by atoms with Crippen LogP contribution in [0.4, 0.5) is 4.79 Å². The van der Waals surface area contributed by atoms with E-state index >= 15 is 0 Å². The number of fused-ring (bicyclic) bond motifs is 3. The van der Waals surface area contributed by atoms with Gasteiger partial charge in [0.15, 0.2) is 0 Å². The Kier molecular flexibility index (Phi) is 8.20. The minimum atomic E-state index is -1.12. The van der Waals surface area contributed by atoms with Crippen molar-refractivity contribution in [3.8, 4) is 11.1 Å². The summed E-state index contributed by atoms with van der Waals surface area (Å²) in [5.74, 6) is -1.42. The van der Waals surface area contributed by atoms with Gasteiger partial charge in [-0.3, -0.25) is 4.79 Å². The summed E-state index contributed by atoms with van der Waals surface area (Å²) in [5.41, 5.74) is 3.78. The topological polar surface area (TPSA) is 105 Å². The SMILES string of the molecule is CC(C)CCC(NC(=O)OCC1c2ccccc2-c2ccccc21)C(=O)NC(C(=O)O)C(C)(C)C. The number of hydrogen-bond donors (Lipinski definition) is 3. The van der Waals surface area contributed by atoms with E-state index in [1.807, 2.05) is 50.2 Å². The van der Waals surface area contributed by atoms with Crippen LogP contribution in [0.1, 0.15) is 64.5 Å². The molecule has 3 N–H and O–H groups in total. The molecule has 0 spiro atoms. The van der Waals surface area contributed by atoms with Gasteiger partial charge in [0.2, 0.25) is 5.91 Å². The molecule has 0 aliphatic heterocycles. The van der Waals surface area contributed by atoms with Gasteiger partial charge in [0.25, 0.3) is 0 Å². The highest BCUT2D eigenvalue weighted by Gasteiger charge is 2.35. The summed E-state index contributed by atoms with van der Waals surface area (Å²) >= 11 is 0. The highest BCUT2D eigenvalue weighted by Crippen LogP contribution is 2.44. The van der Waals surface area contributed by atoms with E-state index in [9.17, 15) is 19.5 Å². The van der Waals surface area contributed by atoms with Crippen molar-refractivity contribution in [3.63, 3.8) is 0 Å². The van der Waals surface area contributed by atoms with Gasteiger partial charge in [0, 0.05) is 5.92 Å². The summed E-state index contributed by atoms with van der Waals surface area (Å²) < 4.78 is 5.60. The zero-order valence-corrected chi connectivity index (χ0v) is 21.1. The number of ether oxygens (including phenoxy) is 1. The number of hydrogen-bond acceptors (Lipinski definition) is 4. The van der Waals surface area contributed by atoms with E-state index < -0.39 is 35.5 Å². The highest BCUT2D eigenvalue weighted by molar-refractivity contribution is 5.89. The number of carbonyl (C=O) groups excluding carboxylic acids is 2. The van der Waals surface area contributed by atoms with Crippen molar-refractivity contribution in [2.45, 2.75) is 65.5 Å². The molecule has 0 heterocycles. The second kappa shape index (κ2) is 10.9. The average molecular weight is 481 g/mol. The van der Waals surface area contributed by atoms with Gasteiger partial charge in [-0.15, -0.1) is 0 Å². The lowest BCUT2D eigenvalue weighted by Crippen LogP contribution is -2.55. The molecule has 1 aliphatic rings. The number of nitrogens with one attached hydrogen (secondary N) is 2. The number of carbonyl (C=O) groups is 3. The predicted octanol–water partition coefficient (Wildman–Crippen LogP) is 4.95. The highest BCUT2D eigenvalue weighted by atomic mass is 16.5. The predicted molar refractivity (Wildman–Crippen MR) is 135 cm³/mol. The first-order chi connectivity index (χ1) is 16.5. The molecule has 2 unspecified atom stereocenters. The lowest BCUT2D eigenvalue weighted by molar-refractivity contribution is -0.145. The van der Waals surface area contributed by atoms with E-state index in [2.05, 4.69) is 22.8 Å². The van der Waals surface area contributed by atoms with Crippen LogP contribution >= 0.6 is 0 Å². The average Bonchev–Trinajstić information content (AvgIpc) is 3.11. The van der Waals surface area contributed by atoms with Crippen LogP contribution in [0.15, 0.2) is 48.5 Å². The molecular weight excluding hydrogens is 444 g/mol. The molecule has 7 heteroatoms. The van der Waals surface area contributed by atoms with E-state index in [1.165, 1.54) is 0 Å². The van der Waals surface area contributed by atoms with Gasteiger partial charge >= 0.3 is 12.1 Å². The standard InChI is InChI=1S/C28H36N2O5/c1-17(2)14-15-23(25(31)30-24(26(32)33)28(3,4)5)29-27(34)35-16-22-20-12-8-6-10-18(20)19-11-7-9-13-21(19)22/h6-13,17,22-24H,14-16H2,1-5H3,(H,29,34)(H,30,31)(H,32,33). The molecule has 0 radical (unpaired) electrons. The first kappa shape index (κ1) is 26.3. The normalized spacial score (nSPS) is 14.6. The van der Waals surface area contributed by atoms with Crippen molar-refractivity contribution in [1.82, 2.24) is 10.6 Å². The molecular formula is C28H36N2O5. The Hall–Kier alpha value is -3.35. The second-order valence-corrected chi connectivity index (χ2v) is 10.6. The molecule has 35 heavy (non-hydrogen) atoms. The zero-order valence-electron chi connectivity index (χ0n) is 21.1. The Bertz CT molecular complexity index is 1030. The Morgan fingerprint density at radius 2 is 1.46 bits per heavy atom. The zero-order chi connectivity index (χ0) is 25.8. The summed E-state index contributed by atoms with van der Waals surface area (Å²) in [6, 6.07) is 14.2. The van der Waals surface area contributed by atoms with Crippen LogP contribution in [0.5, 0.6) is 0 Å². The third-order valence-corrected chi connectivity index (χ3v) is 6.38. The van der Waals surface area contributed by atoms with Crippen LogP contribution in [-0.4, -0.2) is 41.8 Å². The van der Waals surface area contributed by atoms with Gasteiger partial charge in [-0.05, 0) is 46.4 Å². The molecule has 0 saturated carbocycles. The fourth-order valence-electron chi connectivity index (χ4n) is 4.44. The fourth-order valence-corrected chi connectivity index (χ4v) is 4.44. The Morgan fingerprint density at radius 3 is 1.94 bits per heavy atom. The van der Waals surface area contributed by atoms with Crippen molar-refractivity contribution < 1.29 is 24.2 Å². The first-order valence-corrected chi connectivity index (χ1v) is 12.1. The van der Waals surface area contributed by atoms with Crippen LogP contribution in [0.3, 0.4) is 0 Å². The third kappa shape index (κ3) is 6.41. The van der Waals surface area contributed by atoms with Gasteiger partial charge in [0.05, 0.1) is 0 Å². The number of amides is 2. The molecule has 0 bridgehead atoms. The van der Waals surface area contributed by atoms with Crippen LogP contribution in [-0.2, 0) is 14.3 Å². The van der Waals surface area contributed by atoms with Crippen LogP contribution in [0, 0.1) is 11.3 Å². The fraction of sp³-hybridized carbons (Fsp3) is 0.464. The summed E-state index contributed by atoms with van der Waals surface area (Å²) in [4.78, 5) is 37.5. The summed E-state index contributed by atoms with van der Waals surface area (Å²) in [5, 5.41) is 14.9. The number of alkyl carbamates (subject to hydrolysis) is 1. The molecule has 2 atom stereocenters. The van der Waals surface area contributed by atoms with Crippen LogP contribution < -0.4 is 10.6 Å². The first-order valence-electron chi connectivity index (χ1n) is 12.1. The number of aliphatic carboxylic acids is 1. The van der Waals surface area contributed by atoms with Crippen LogP contribution in [0.25, 0.3) is 11.1 Å². The molecule has 0 aromatic heterocycles. The molecule has 2 amide bonds. The van der Waals surface area contributed by atoms with Gasteiger partial charge in [0.1, 0.15) is 18.7 Å². The van der Waals surface area contributed by atoms with E-state index in [4.69, 9.17) is 4.74 Å². The molecule has 2 aromatic carbocycles. The largest absolute Gasteiger partial charge is 0.480 e. The molecule has 7 nitrogen and oxygen atoms in total. The molecule has 0 fully saturated rings. The van der Waals surface area contributed by atoms with Gasteiger partial charge in [-0.1, -0.05) is 83.1 Å². The quantitative estimate of drug-likeness (QED) is 0.471. The van der Waals surface area contributed by atoms with Crippen molar-refractivity contribution in [1.29, 1.82) is 0 Å². The van der Waals surface area contributed by atoms with Crippen molar-refractivity contribution in [2.24, 2.45) is 11.3 Å². The lowest BCUT2D eigenvalue weighted by Gasteiger charge is -2.29. The Balaban J connectivity index is 1.69. The smallest absolute Gasteiger partial charge is 0.407 e. The maximum Gasteiger partial charge on any atom is 0.407 e. The number of carboxylic acid groups (broad SMARTS) is 1. The van der Waals surface area contributed by atoms with Gasteiger partial charge in [-0.25, -0.2) is 9.59 Å². The van der Waals surface area contributed by atoms with E-state index in [0.29, 0.717) is 18.8 Å². The minimum Gasteiger partial charge on any atom is -0.480 e. The summed E-state index contributed by atoms with van der Waals surface area (Å²) in [6.45, 7) is 9.42. The van der Waals surface area contributed by atoms with Crippen molar-refractivity contribution in [3.05, 3.63) is 59.7 Å². The minimum absolute atomic E-state index is 0.0895.